The summed E-state index contributed by atoms with van der Waals surface area (Å²) in [5, 5.41) is 0. The molecule has 9 heteroatoms. The summed E-state index contributed by atoms with van der Waals surface area (Å²) in [7, 11) is -2.12. The van der Waals surface area contributed by atoms with Gasteiger partial charge in [-0.3, -0.25) is 4.79 Å². The van der Waals surface area contributed by atoms with E-state index >= 15 is 0 Å². The van der Waals surface area contributed by atoms with Crippen LogP contribution in [0.5, 0.6) is 11.5 Å². The normalized spacial score (nSPS) is 22.6. The van der Waals surface area contributed by atoms with E-state index < -0.39 is 16.1 Å². The van der Waals surface area contributed by atoms with Crippen molar-refractivity contribution in [3.8, 4) is 11.5 Å². The Morgan fingerprint density at radius 3 is 2.16 bits per heavy atom. The fourth-order valence-corrected chi connectivity index (χ4v) is 5.44. The van der Waals surface area contributed by atoms with E-state index in [1.165, 1.54) is 23.5 Å². The molecule has 3 atom stereocenters. The van der Waals surface area contributed by atoms with Crippen LogP contribution in [-0.2, 0) is 19.6 Å². The van der Waals surface area contributed by atoms with E-state index in [0.29, 0.717) is 24.6 Å². The summed E-state index contributed by atoms with van der Waals surface area (Å²) in [6.07, 6.45) is -1.40. The minimum atomic E-state index is -3.65. The maximum absolute atomic E-state index is 13.1. The summed E-state index contributed by atoms with van der Waals surface area (Å²) in [5.74, 6) is 1.10. The SMILES string of the molecule is COc1ccc(S(=O)(=O)N2C[C@H]3CN(C(=O)C(C)Oc4ccccc4)C[C@@H](C2)O3)cc1. The number of benzene rings is 2. The zero-order chi connectivity index (χ0) is 22.0. The van der Waals surface area contributed by atoms with Crippen molar-refractivity contribution in [2.24, 2.45) is 0 Å². The molecule has 0 spiro atoms. The molecule has 0 aromatic heterocycles. The lowest BCUT2D eigenvalue weighted by Crippen LogP contribution is -2.62. The van der Waals surface area contributed by atoms with Crippen LogP contribution in [0.1, 0.15) is 6.92 Å². The molecule has 1 amide bonds. The van der Waals surface area contributed by atoms with Gasteiger partial charge in [-0.2, -0.15) is 4.31 Å². The van der Waals surface area contributed by atoms with E-state index in [0.717, 1.165) is 0 Å². The number of morpholine rings is 2. The number of sulfonamides is 1. The number of ether oxygens (including phenoxy) is 3. The van der Waals surface area contributed by atoms with E-state index in [1.807, 2.05) is 18.2 Å². The first kappa shape index (κ1) is 21.6. The highest BCUT2D eigenvalue weighted by Crippen LogP contribution is 2.26. The van der Waals surface area contributed by atoms with Crippen molar-refractivity contribution in [2.45, 2.75) is 30.1 Å². The van der Waals surface area contributed by atoms with Gasteiger partial charge < -0.3 is 19.1 Å². The Morgan fingerprint density at radius 1 is 0.968 bits per heavy atom. The maximum Gasteiger partial charge on any atom is 0.263 e. The molecule has 2 saturated heterocycles. The first-order chi connectivity index (χ1) is 14.9. The van der Waals surface area contributed by atoms with Gasteiger partial charge >= 0.3 is 0 Å². The van der Waals surface area contributed by atoms with Crippen molar-refractivity contribution < 1.29 is 27.4 Å². The Bertz CT molecular complexity index is 998. The first-order valence-electron chi connectivity index (χ1n) is 10.2. The second-order valence-electron chi connectivity index (χ2n) is 7.69. The molecule has 4 rings (SSSR count). The fraction of sp³-hybridized carbons (Fsp3) is 0.409. The minimum absolute atomic E-state index is 0.131. The van der Waals surface area contributed by atoms with E-state index in [2.05, 4.69) is 0 Å². The van der Waals surface area contributed by atoms with E-state index in [4.69, 9.17) is 14.2 Å². The molecule has 2 heterocycles. The molecule has 0 aliphatic carbocycles. The molecular formula is C22H26N2O6S. The number of carbonyl (C=O) groups excluding carboxylic acids is 1. The standard InChI is InChI=1S/C22H26N2O6S/c1-16(29-18-6-4-3-5-7-18)22(25)23-12-19-14-24(15-20(13-23)30-19)31(26,27)21-10-8-17(28-2)9-11-21/h3-11,16,19-20H,12-15H2,1-2H3/t16?,19-,20+. The number of para-hydroxylation sites is 1. The van der Waals surface area contributed by atoms with Gasteiger partial charge in [0.2, 0.25) is 10.0 Å². The van der Waals surface area contributed by atoms with Gasteiger partial charge in [0.25, 0.3) is 5.91 Å². The summed E-state index contributed by atoms with van der Waals surface area (Å²) in [6, 6.07) is 15.5. The van der Waals surface area contributed by atoms with Gasteiger partial charge in [0.1, 0.15) is 11.5 Å². The summed E-state index contributed by atoms with van der Waals surface area (Å²) in [4.78, 5) is 14.8. The molecule has 166 valence electrons. The Labute approximate surface area is 182 Å². The van der Waals surface area contributed by atoms with Gasteiger partial charge in [0.05, 0.1) is 24.2 Å². The molecule has 2 fully saturated rings. The molecule has 2 bridgehead atoms. The lowest BCUT2D eigenvalue weighted by molar-refractivity contribution is -0.159. The predicted octanol–water partition coefficient (Wildman–Crippen LogP) is 1.76. The van der Waals surface area contributed by atoms with Gasteiger partial charge in [-0.25, -0.2) is 8.42 Å². The number of rotatable bonds is 6. The molecule has 0 N–H and O–H groups in total. The van der Waals surface area contributed by atoms with Crippen LogP contribution < -0.4 is 9.47 Å². The lowest BCUT2D eigenvalue weighted by atomic mass is 10.1. The summed E-state index contributed by atoms with van der Waals surface area (Å²) >= 11 is 0. The van der Waals surface area contributed by atoms with Gasteiger partial charge in [-0.05, 0) is 43.3 Å². The number of hydrogen-bond acceptors (Lipinski definition) is 6. The highest BCUT2D eigenvalue weighted by molar-refractivity contribution is 7.89. The smallest absolute Gasteiger partial charge is 0.263 e. The van der Waals surface area contributed by atoms with Gasteiger partial charge in [0.15, 0.2) is 6.10 Å². The van der Waals surface area contributed by atoms with Crippen molar-refractivity contribution in [2.75, 3.05) is 33.3 Å². The second kappa shape index (κ2) is 8.86. The number of amides is 1. The molecule has 31 heavy (non-hydrogen) atoms. The third kappa shape index (κ3) is 4.68. The summed E-state index contributed by atoms with van der Waals surface area (Å²) < 4.78 is 44.4. The Balaban J connectivity index is 1.41. The van der Waals surface area contributed by atoms with Crippen LogP contribution in [0.15, 0.2) is 59.5 Å². The second-order valence-corrected chi connectivity index (χ2v) is 9.63. The van der Waals surface area contributed by atoms with Crippen LogP contribution in [0.25, 0.3) is 0 Å². The average Bonchev–Trinajstić information content (AvgIpc) is 2.78. The predicted molar refractivity (Wildman–Crippen MR) is 114 cm³/mol. The fourth-order valence-electron chi connectivity index (χ4n) is 3.94. The number of carbonyl (C=O) groups is 1. The monoisotopic (exact) mass is 446 g/mol. The third-order valence-electron chi connectivity index (χ3n) is 5.46. The highest BCUT2D eigenvalue weighted by atomic mass is 32.2. The number of hydrogen-bond donors (Lipinski definition) is 0. The van der Waals surface area contributed by atoms with E-state index in [-0.39, 0.29) is 36.1 Å². The molecule has 2 aliphatic heterocycles. The highest BCUT2D eigenvalue weighted by Gasteiger charge is 2.42. The number of fused-ring (bicyclic) bond motifs is 2. The summed E-state index contributed by atoms with van der Waals surface area (Å²) in [5.41, 5.74) is 0. The molecule has 8 nitrogen and oxygen atoms in total. The van der Waals surface area contributed by atoms with Crippen molar-refractivity contribution in [3.63, 3.8) is 0 Å². The van der Waals surface area contributed by atoms with Gasteiger partial charge in [-0.15, -0.1) is 0 Å². The zero-order valence-electron chi connectivity index (χ0n) is 17.5. The van der Waals surface area contributed by atoms with Crippen LogP contribution in [0, 0.1) is 0 Å². The van der Waals surface area contributed by atoms with Crippen LogP contribution in [0.4, 0.5) is 0 Å². The number of nitrogens with zero attached hydrogens (tertiary/aromatic N) is 2. The topological polar surface area (TPSA) is 85.4 Å². The maximum atomic E-state index is 13.1. The van der Waals surface area contributed by atoms with Crippen molar-refractivity contribution in [3.05, 3.63) is 54.6 Å². The molecule has 1 unspecified atom stereocenters. The van der Waals surface area contributed by atoms with Crippen molar-refractivity contribution in [1.82, 2.24) is 9.21 Å². The van der Waals surface area contributed by atoms with Crippen molar-refractivity contribution in [1.29, 1.82) is 0 Å². The van der Waals surface area contributed by atoms with Crippen LogP contribution in [0.3, 0.4) is 0 Å². The average molecular weight is 447 g/mol. The Kier molecular flexibility index (Phi) is 6.17. The Hall–Kier alpha value is -2.62. The third-order valence-corrected chi connectivity index (χ3v) is 7.31. The van der Waals surface area contributed by atoms with E-state index in [1.54, 1.807) is 36.1 Å². The first-order valence-corrected chi connectivity index (χ1v) is 11.6. The zero-order valence-corrected chi connectivity index (χ0v) is 18.3. The minimum Gasteiger partial charge on any atom is -0.497 e. The van der Waals surface area contributed by atoms with Crippen LogP contribution in [0.2, 0.25) is 0 Å². The molecule has 2 aromatic carbocycles. The molecule has 2 aromatic rings. The summed E-state index contributed by atoms with van der Waals surface area (Å²) in [6.45, 7) is 2.77. The molecule has 0 saturated carbocycles. The van der Waals surface area contributed by atoms with E-state index in [9.17, 15) is 13.2 Å². The van der Waals surface area contributed by atoms with Crippen LogP contribution in [-0.4, -0.2) is 75.1 Å². The van der Waals surface area contributed by atoms with Crippen LogP contribution >= 0.6 is 0 Å². The number of methoxy groups -OCH3 is 1. The molecular weight excluding hydrogens is 420 g/mol. The van der Waals surface area contributed by atoms with Crippen molar-refractivity contribution >= 4 is 15.9 Å². The lowest BCUT2D eigenvalue weighted by Gasteiger charge is -2.45. The molecule has 2 aliphatic rings. The quantitative estimate of drug-likeness (QED) is 0.672. The van der Waals surface area contributed by atoms with Gasteiger partial charge in [-0.1, -0.05) is 18.2 Å². The molecule has 0 radical (unpaired) electrons. The Morgan fingerprint density at radius 2 is 1.58 bits per heavy atom. The largest absolute Gasteiger partial charge is 0.497 e. The van der Waals surface area contributed by atoms with Gasteiger partial charge in [0, 0.05) is 26.2 Å².